The summed E-state index contributed by atoms with van der Waals surface area (Å²) >= 11 is 0. The van der Waals surface area contributed by atoms with Gasteiger partial charge in [0.05, 0.1) is 12.2 Å². The van der Waals surface area contributed by atoms with Crippen LogP contribution >= 0.6 is 0 Å². The van der Waals surface area contributed by atoms with Crippen LogP contribution in [0.1, 0.15) is 98.1 Å². The third-order valence-electron chi connectivity index (χ3n) is 14.1. The van der Waals surface area contributed by atoms with E-state index in [-0.39, 0.29) is 19.0 Å². The number of nitrogens with zero attached hydrogens (tertiary/aromatic N) is 2. The molecule has 0 atom stereocenters. The molecule has 0 saturated carbocycles. The fraction of sp³-hybridized carbons (Fsp3) is 0.237. The van der Waals surface area contributed by atoms with E-state index >= 15 is 8.63 Å². The molecular formula is C59H55BF2N2O4. The fourth-order valence-corrected chi connectivity index (χ4v) is 11.4. The maximum Gasteiger partial charge on any atom is 0.737 e. The number of halogens is 2. The maximum atomic E-state index is 17.4. The normalized spacial score (nSPS) is 14.6. The van der Waals surface area contributed by atoms with Crippen molar-refractivity contribution in [1.29, 1.82) is 0 Å². The summed E-state index contributed by atoms with van der Waals surface area (Å²) in [7, 11) is 0. The number of aromatic nitrogens is 1. The lowest BCUT2D eigenvalue weighted by Gasteiger charge is -2.36. The van der Waals surface area contributed by atoms with Crippen molar-refractivity contribution in [2.24, 2.45) is 0 Å². The van der Waals surface area contributed by atoms with Crippen molar-refractivity contribution < 1.29 is 32.2 Å². The van der Waals surface area contributed by atoms with Gasteiger partial charge in [0.15, 0.2) is 5.70 Å². The molecule has 0 N–H and O–H groups in total. The lowest BCUT2D eigenvalue weighted by atomic mass is 9.79. The monoisotopic (exact) mass is 904 g/mol. The summed E-state index contributed by atoms with van der Waals surface area (Å²) in [5, 5.41) is 10.1. The summed E-state index contributed by atoms with van der Waals surface area (Å²) in [6.07, 6.45) is 7.52. The van der Waals surface area contributed by atoms with Gasteiger partial charge in [0.1, 0.15) is 11.5 Å². The molecule has 10 rings (SSSR count). The molecule has 0 saturated heterocycles. The van der Waals surface area contributed by atoms with E-state index in [9.17, 15) is 9.59 Å². The molecule has 68 heavy (non-hydrogen) atoms. The summed E-state index contributed by atoms with van der Waals surface area (Å²) in [6.45, 7) is 11.1. The molecule has 0 amide bonds. The zero-order valence-electron chi connectivity index (χ0n) is 39.7. The molecule has 342 valence electrons. The largest absolute Gasteiger partial charge is 0.737 e. The molecule has 7 aromatic carbocycles. The predicted molar refractivity (Wildman–Crippen MR) is 275 cm³/mol. The fourth-order valence-electron chi connectivity index (χ4n) is 11.4. The number of allylic oxidation sites excluding steroid dienone is 1. The molecule has 0 spiro atoms. The Morgan fingerprint density at radius 3 is 2.04 bits per heavy atom. The molecule has 1 aromatic heterocycles. The van der Waals surface area contributed by atoms with Crippen molar-refractivity contribution in [2.75, 3.05) is 6.61 Å². The van der Waals surface area contributed by atoms with Gasteiger partial charge < -0.3 is 27.1 Å². The first-order valence-corrected chi connectivity index (χ1v) is 23.9. The Morgan fingerprint density at radius 2 is 1.40 bits per heavy atom. The van der Waals surface area contributed by atoms with E-state index < -0.39 is 12.9 Å². The van der Waals surface area contributed by atoms with Gasteiger partial charge in [-0.1, -0.05) is 97.6 Å². The lowest BCUT2D eigenvalue weighted by Crippen LogP contribution is -2.52. The van der Waals surface area contributed by atoms with E-state index in [4.69, 9.17) is 9.47 Å². The zero-order chi connectivity index (χ0) is 47.6. The highest BCUT2D eigenvalue weighted by Gasteiger charge is 2.55. The minimum absolute atomic E-state index is 0.191. The second kappa shape index (κ2) is 17.5. The Balaban J connectivity index is 0.915. The summed E-state index contributed by atoms with van der Waals surface area (Å²) in [4.78, 5) is 25.8. The van der Waals surface area contributed by atoms with E-state index in [2.05, 4.69) is 85.4 Å². The quantitative estimate of drug-likeness (QED) is 0.0324. The summed E-state index contributed by atoms with van der Waals surface area (Å²) in [5.74, 6) is -0.371. The Labute approximate surface area is 396 Å². The summed E-state index contributed by atoms with van der Waals surface area (Å²) in [6, 6.07) is 35.8. The van der Waals surface area contributed by atoms with Crippen LogP contribution in [0.5, 0.6) is 5.75 Å². The van der Waals surface area contributed by atoms with Crippen LogP contribution in [0.15, 0.2) is 127 Å². The molecular weight excluding hydrogens is 849 g/mol. The van der Waals surface area contributed by atoms with Crippen molar-refractivity contribution in [3.8, 4) is 16.9 Å². The number of carbonyl (C=O) groups is 2. The molecule has 1 aliphatic carbocycles. The standard InChI is InChI=1S/C59H55BF2N2O4/c1-8-67-52(65)32-31-51-45-18-9-10-19-50(45)59-57(58(35(2)3)63(36(4)5)60(61,62)64(51)59)54-37(6)33-42(34-38(54)7)39-25-28-43(29-26-39)68-53(66)24-13-15-40-27-30-49-47-22-12-17-41-16-11-21-46(55(41)47)48-23-14-20-44(40)56(48)49/h11-12,14,16-17,20-23,25-34H,2,8-10,13,15,18-19,24H2,1,3-7H3/b32-31+. The number of ether oxygens (including phenoxy) is 2. The molecule has 0 unspecified atom stereocenters. The predicted octanol–water partition coefficient (Wildman–Crippen LogP) is 14.3. The SMILES string of the molecule is C=C(C)C1=C(c2c(C)cc(-c3ccc(OC(=O)CCCc4ccc5c6cccc7cccc(c8cccc4c85)c76)cc3)cc2C)c2c3c(c(/C=C/C(=O)OCC)n2[B-](F)(F)[N+]1=C(C)C)CCCC3. The van der Waals surface area contributed by atoms with Gasteiger partial charge >= 0.3 is 18.9 Å². The number of hydrogen-bond donors (Lipinski definition) is 0. The smallest absolute Gasteiger partial charge is 0.463 e. The van der Waals surface area contributed by atoms with Gasteiger partial charge in [-0.3, -0.25) is 4.79 Å². The number of benzene rings is 7. The molecule has 6 nitrogen and oxygen atoms in total. The van der Waals surface area contributed by atoms with Crippen LogP contribution in [0, 0.1) is 13.8 Å². The molecule has 9 heteroatoms. The molecule has 2 aliphatic rings. The second-order valence-electron chi connectivity index (χ2n) is 18.8. The van der Waals surface area contributed by atoms with E-state index in [0.717, 1.165) is 63.8 Å². The molecule has 1 aliphatic heterocycles. The Morgan fingerprint density at radius 1 is 0.779 bits per heavy atom. The number of esters is 2. The van der Waals surface area contributed by atoms with E-state index in [0.29, 0.717) is 53.4 Å². The van der Waals surface area contributed by atoms with Crippen LogP contribution < -0.4 is 4.74 Å². The van der Waals surface area contributed by atoms with Gasteiger partial charge in [-0.15, -0.1) is 0 Å². The summed E-state index contributed by atoms with van der Waals surface area (Å²) in [5.41, 5.74) is 10.5. The minimum Gasteiger partial charge on any atom is -0.463 e. The van der Waals surface area contributed by atoms with Crippen LogP contribution in [-0.4, -0.2) is 40.2 Å². The third-order valence-corrected chi connectivity index (χ3v) is 14.1. The average molecular weight is 905 g/mol. The maximum absolute atomic E-state index is 17.4. The highest BCUT2D eigenvalue weighted by atomic mass is 19.2. The van der Waals surface area contributed by atoms with E-state index in [1.807, 2.05) is 38.1 Å². The van der Waals surface area contributed by atoms with Crippen LogP contribution in [0.2, 0.25) is 0 Å². The van der Waals surface area contributed by atoms with Crippen molar-refractivity contribution >= 4 is 79.4 Å². The van der Waals surface area contributed by atoms with Crippen molar-refractivity contribution in [1.82, 2.24) is 4.48 Å². The van der Waals surface area contributed by atoms with Crippen LogP contribution in [0.4, 0.5) is 8.63 Å². The van der Waals surface area contributed by atoms with Gasteiger partial charge in [-0.05, 0) is 172 Å². The number of rotatable bonds is 11. The van der Waals surface area contributed by atoms with Crippen molar-refractivity contribution in [2.45, 2.75) is 86.5 Å². The molecule has 0 fully saturated rings. The molecule has 8 aromatic rings. The number of aryl methyl sites for hydroxylation is 3. The van der Waals surface area contributed by atoms with Gasteiger partial charge in [-0.2, -0.15) is 0 Å². The molecule has 2 heterocycles. The number of fused-ring (bicyclic) bond motifs is 5. The van der Waals surface area contributed by atoms with Gasteiger partial charge in [-0.25, -0.2) is 4.79 Å². The zero-order valence-corrected chi connectivity index (χ0v) is 39.7. The minimum atomic E-state index is -4.38. The lowest BCUT2D eigenvalue weighted by molar-refractivity contribution is -0.368. The average Bonchev–Trinajstić information content (AvgIpc) is 3.66. The van der Waals surface area contributed by atoms with Crippen LogP contribution in [0.3, 0.4) is 0 Å². The topological polar surface area (TPSA) is 60.5 Å². The highest BCUT2D eigenvalue weighted by Crippen LogP contribution is 2.48. The van der Waals surface area contributed by atoms with Gasteiger partial charge in [0.25, 0.3) is 0 Å². The second-order valence-corrected chi connectivity index (χ2v) is 18.8. The first kappa shape index (κ1) is 44.7. The molecule has 0 radical (unpaired) electrons. The Hall–Kier alpha value is -7.13. The number of carbonyl (C=O) groups excluding carboxylic acids is 2. The summed E-state index contributed by atoms with van der Waals surface area (Å²) < 4.78 is 48.2. The highest BCUT2D eigenvalue weighted by molar-refractivity contribution is 6.58. The van der Waals surface area contributed by atoms with Gasteiger partial charge in [0.2, 0.25) is 0 Å². The van der Waals surface area contributed by atoms with Crippen LogP contribution in [0.25, 0.3) is 65.9 Å². The van der Waals surface area contributed by atoms with E-state index in [1.165, 1.54) is 69.8 Å². The Bertz CT molecular complexity index is 3420. The first-order chi connectivity index (χ1) is 32.8. The first-order valence-electron chi connectivity index (χ1n) is 23.9. The van der Waals surface area contributed by atoms with Gasteiger partial charge in [0, 0.05) is 43.3 Å². The Kier molecular flexibility index (Phi) is 11.5. The van der Waals surface area contributed by atoms with Crippen molar-refractivity contribution in [3.63, 3.8) is 0 Å². The van der Waals surface area contributed by atoms with Crippen molar-refractivity contribution in [3.05, 3.63) is 172 Å². The van der Waals surface area contributed by atoms with E-state index in [1.54, 1.807) is 27.7 Å². The molecule has 0 bridgehead atoms. The van der Waals surface area contributed by atoms with Crippen LogP contribution in [-0.2, 0) is 33.6 Å². The number of hydrogen-bond acceptors (Lipinski definition) is 4. The third kappa shape index (κ3) is 7.43.